The van der Waals surface area contributed by atoms with Crippen LogP contribution in [0, 0.1) is 6.92 Å². The molecule has 1 N–H and O–H groups in total. The number of benzene rings is 1. The van der Waals surface area contributed by atoms with Gasteiger partial charge in [0.15, 0.2) is 0 Å². The maximum absolute atomic E-state index is 12.9. The van der Waals surface area contributed by atoms with Gasteiger partial charge in [0.2, 0.25) is 5.91 Å². The molecule has 3 aromatic rings. The summed E-state index contributed by atoms with van der Waals surface area (Å²) in [6.45, 7) is 2.97. The summed E-state index contributed by atoms with van der Waals surface area (Å²) in [6.07, 6.45) is 5.84. The van der Waals surface area contributed by atoms with Gasteiger partial charge in [-0.3, -0.25) is 9.59 Å². The van der Waals surface area contributed by atoms with Crippen molar-refractivity contribution < 1.29 is 4.79 Å². The van der Waals surface area contributed by atoms with Gasteiger partial charge in [-0.05, 0) is 55.7 Å². The molecule has 0 bridgehead atoms. The highest BCUT2D eigenvalue weighted by Gasteiger charge is 2.30. The third kappa shape index (κ3) is 4.05. The van der Waals surface area contributed by atoms with E-state index in [2.05, 4.69) is 41.1 Å². The van der Waals surface area contributed by atoms with Crippen molar-refractivity contribution in [1.29, 1.82) is 0 Å². The molecule has 5 nitrogen and oxygen atoms in total. The van der Waals surface area contributed by atoms with Crippen molar-refractivity contribution in [3.63, 3.8) is 0 Å². The third-order valence-electron chi connectivity index (χ3n) is 6.44. The molecule has 5 rings (SSSR count). The number of aryl methyl sites for hydroxylation is 3. The molecule has 1 unspecified atom stereocenters. The summed E-state index contributed by atoms with van der Waals surface area (Å²) in [5.74, 6) is 2.31. The van der Waals surface area contributed by atoms with Crippen LogP contribution in [0.25, 0.3) is 10.2 Å². The molecule has 0 saturated carbocycles. The summed E-state index contributed by atoms with van der Waals surface area (Å²) in [4.78, 5) is 37.4. The number of rotatable bonds is 6. The number of likely N-dealkylation sites (tertiary alicyclic amines) is 1. The second-order valence-electron chi connectivity index (χ2n) is 8.45. The fraction of sp³-hybridized carbons (Fsp3) is 0.458. The van der Waals surface area contributed by atoms with Gasteiger partial charge in [-0.2, -0.15) is 11.8 Å². The molecule has 0 radical (unpaired) electrons. The van der Waals surface area contributed by atoms with Crippen LogP contribution in [-0.4, -0.2) is 33.1 Å². The molecule has 2 aromatic heterocycles. The first-order chi connectivity index (χ1) is 15.1. The number of hydrogen-bond acceptors (Lipinski definition) is 5. The number of nitrogens with one attached hydrogen (secondary N) is 1. The molecule has 1 saturated heterocycles. The van der Waals surface area contributed by atoms with Crippen molar-refractivity contribution in [2.45, 2.75) is 57.2 Å². The highest BCUT2D eigenvalue weighted by Crippen LogP contribution is 2.35. The number of carbonyl (C=O) groups is 1. The molecule has 1 aromatic carbocycles. The SMILES string of the molecule is Cc1ccccc1C1CCCN1C(=O)CCSCc1nc2sc3c(c2c(=O)[nH]1)CCC3. The van der Waals surface area contributed by atoms with E-state index in [1.807, 2.05) is 0 Å². The van der Waals surface area contributed by atoms with Crippen LogP contribution >= 0.6 is 23.1 Å². The Morgan fingerprint density at radius 2 is 2.16 bits per heavy atom. The normalized spacial score (nSPS) is 18.1. The maximum atomic E-state index is 12.9. The predicted molar refractivity (Wildman–Crippen MR) is 128 cm³/mol. The fourth-order valence-electron chi connectivity index (χ4n) is 4.94. The minimum atomic E-state index is -0.00536. The summed E-state index contributed by atoms with van der Waals surface area (Å²) in [5, 5.41) is 0.803. The maximum Gasteiger partial charge on any atom is 0.259 e. The molecule has 3 heterocycles. The van der Waals surface area contributed by atoms with Crippen molar-refractivity contribution in [1.82, 2.24) is 14.9 Å². The second-order valence-corrected chi connectivity index (χ2v) is 10.6. The lowest BCUT2D eigenvalue weighted by Gasteiger charge is -2.26. The molecular formula is C24H27N3O2S2. The van der Waals surface area contributed by atoms with Crippen LogP contribution in [0.4, 0.5) is 0 Å². The molecule has 1 aliphatic heterocycles. The van der Waals surface area contributed by atoms with Gasteiger partial charge in [0.25, 0.3) is 5.56 Å². The minimum Gasteiger partial charge on any atom is -0.336 e. The molecule has 1 amide bonds. The van der Waals surface area contributed by atoms with E-state index in [4.69, 9.17) is 4.98 Å². The van der Waals surface area contributed by atoms with E-state index in [1.165, 1.54) is 21.6 Å². The van der Waals surface area contributed by atoms with Crippen molar-refractivity contribution in [2.75, 3.05) is 12.3 Å². The number of thioether (sulfide) groups is 1. The Labute approximate surface area is 190 Å². The topological polar surface area (TPSA) is 66.1 Å². The lowest BCUT2D eigenvalue weighted by molar-refractivity contribution is -0.131. The summed E-state index contributed by atoms with van der Waals surface area (Å²) >= 11 is 3.34. The van der Waals surface area contributed by atoms with E-state index < -0.39 is 0 Å². The van der Waals surface area contributed by atoms with E-state index >= 15 is 0 Å². The number of nitrogens with zero attached hydrogens (tertiary/aromatic N) is 2. The van der Waals surface area contributed by atoms with Crippen LogP contribution in [0.3, 0.4) is 0 Å². The van der Waals surface area contributed by atoms with Crippen LogP contribution in [0.1, 0.15) is 59.1 Å². The smallest absolute Gasteiger partial charge is 0.259 e. The number of hydrogen-bond donors (Lipinski definition) is 1. The second kappa shape index (κ2) is 8.79. The zero-order valence-corrected chi connectivity index (χ0v) is 19.4. The van der Waals surface area contributed by atoms with Gasteiger partial charge in [0, 0.05) is 23.6 Å². The summed E-state index contributed by atoms with van der Waals surface area (Å²) in [6, 6.07) is 8.60. The standard InChI is InChI=1S/C24H27N3O2S2/c1-15-6-2-3-7-16(15)18-9-5-12-27(18)21(28)11-13-30-14-20-25-23(29)22-17-8-4-10-19(17)31-24(22)26-20/h2-3,6-7,18H,4-5,8-14H2,1H3,(H,25,26,29). The zero-order chi connectivity index (χ0) is 21.4. The first-order valence-electron chi connectivity index (χ1n) is 11.1. The van der Waals surface area contributed by atoms with Gasteiger partial charge >= 0.3 is 0 Å². The van der Waals surface area contributed by atoms with Crippen LogP contribution in [0.5, 0.6) is 0 Å². The van der Waals surface area contributed by atoms with Gasteiger partial charge < -0.3 is 9.88 Å². The highest BCUT2D eigenvalue weighted by molar-refractivity contribution is 7.98. The molecular weight excluding hydrogens is 426 g/mol. The average molecular weight is 454 g/mol. The van der Waals surface area contributed by atoms with E-state index in [0.717, 1.165) is 54.6 Å². The molecule has 7 heteroatoms. The number of aromatic nitrogens is 2. The molecule has 0 spiro atoms. The molecule has 1 aliphatic carbocycles. The third-order valence-corrected chi connectivity index (χ3v) is 8.60. The number of fused-ring (bicyclic) bond motifs is 3. The van der Waals surface area contributed by atoms with E-state index in [-0.39, 0.29) is 17.5 Å². The Morgan fingerprint density at radius 3 is 3.03 bits per heavy atom. The van der Waals surface area contributed by atoms with Crippen LogP contribution in [-0.2, 0) is 23.4 Å². The van der Waals surface area contributed by atoms with E-state index in [0.29, 0.717) is 18.0 Å². The Kier molecular flexibility index (Phi) is 5.89. The van der Waals surface area contributed by atoms with Gasteiger partial charge in [0.1, 0.15) is 10.7 Å². The van der Waals surface area contributed by atoms with Crippen LogP contribution < -0.4 is 5.56 Å². The van der Waals surface area contributed by atoms with Gasteiger partial charge in [0.05, 0.1) is 17.2 Å². The van der Waals surface area contributed by atoms with Gasteiger partial charge in [-0.1, -0.05) is 24.3 Å². The predicted octanol–water partition coefficient (Wildman–Crippen LogP) is 4.77. The Hall–Kier alpha value is -2.12. The Morgan fingerprint density at radius 1 is 1.29 bits per heavy atom. The number of carbonyl (C=O) groups excluding carboxylic acids is 1. The first kappa shape index (κ1) is 20.8. The zero-order valence-electron chi connectivity index (χ0n) is 17.8. The summed E-state index contributed by atoms with van der Waals surface area (Å²) in [7, 11) is 0. The Balaban J connectivity index is 1.18. The largest absolute Gasteiger partial charge is 0.336 e. The lowest BCUT2D eigenvalue weighted by atomic mass is 9.99. The van der Waals surface area contributed by atoms with Crippen LogP contribution in [0.2, 0.25) is 0 Å². The molecule has 31 heavy (non-hydrogen) atoms. The first-order valence-corrected chi connectivity index (χ1v) is 13.0. The quantitative estimate of drug-likeness (QED) is 0.546. The van der Waals surface area contributed by atoms with Gasteiger partial charge in [-0.15, -0.1) is 11.3 Å². The monoisotopic (exact) mass is 453 g/mol. The highest BCUT2D eigenvalue weighted by atomic mass is 32.2. The Bertz CT molecular complexity index is 1180. The van der Waals surface area contributed by atoms with Crippen molar-refractivity contribution >= 4 is 39.2 Å². The fourth-order valence-corrected chi connectivity index (χ4v) is 7.01. The number of H-pyrrole nitrogens is 1. The molecule has 162 valence electrons. The molecule has 1 fully saturated rings. The van der Waals surface area contributed by atoms with Gasteiger partial charge in [-0.25, -0.2) is 4.98 Å². The van der Waals surface area contributed by atoms with Crippen molar-refractivity contribution in [3.05, 3.63) is 62.0 Å². The van der Waals surface area contributed by atoms with E-state index in [1.54, 1.807) is 23.1 Å². The summed E-state index contributed by atoms with van der Waals surface area (Å²) in [5.41, 5.74) is 3.74. The minimum absolute atomic E-state index is 0.00536. The van der Waals surface area contributed by atoms with Crippen LogP contribution in [0.15, 0.2) is 29.1 Å². The molecule has 2 aliphatic rings. The number of thiophene rings is 1. The van der Waals surface area contributed by atoms with Crippen molar-refractivity contribution in [3.8, 4) is 0 Å². The number of amides is 1. The van der Waals surface area contributed by atoms with Crippen molar-refractivity contribution in [2.24, 2.45) is 0 Å². The lowest BCUT2D eigenvalue weighted by Crippen LogP contribution is -2.31. The summed E-state index contributed by atoms with van der Waals surface area (Å²) < 4.78 is 0. The number of aromatic amines is 1. The average Bonchev–Trinajstić information content (AvgIpc) is 3.47. The van der Waals surface area contributed by atoms with E-state index in [9.17, 15) is 9.59 Å². The molecule has 1 atom stereocenters.